The highest BCUT2D eigenvalue weighted by Gasteiger charge is 2.12. The van der Waals surface area contributed by atoms with Crippen LogP contribution >= 0.6 is 0 Å². The molecule has 0 bridgehead atoms. The number of rotatable bonds is 5. The molecule has 0 unspecified atom stereocenters. The van der Waals surface area contributed by atoms with Gasteiger partial charge in [-0.3, -0.25) is 0 Å². The van der Waals surface area contributed by atoms with E-state index in [1.54, 1.807) is 0 Å². The number of hydrogen-bond acceptors (Lipinski definition) is 0. The van der Waals surface area contributed by atoms with Crippen LogP contribution in [0.1, 0.15) is 12.6 Å². The molecule has 5 aromatic carbocycles. The van der Waals surface area contributed by atoms with E-state index in [0.29, 0.717) is 0 Å². The van der Waals surface area contributed by atoms with Gasteiger partial charge in [0, 0.05) is 33.2 Å². The zero-order chi connectivity index (χ0) is 26.2. The fraction of sp³-hybridized carbons (Fsp3) is 0.0270. The lowest BCUT2D eigenvalue weighted by Gasteiger charge is -2.11. The highest BCUT2D eigenvalue weighted by Crippen LogP contribution is 2.33. The van der Waals surface area contributed by atoms with Crippen LogP contribution in [-0.2, 0) is 0 Å². The zero-order valence-corrected chi connectivity index (χ0v) is 21.8. The van der Waals surface area contributed by atoms with Crippen LogP contribution in [0.5, 0.6) is 0 Å². The van der Waals surface area contributed by atoms with Crippen molar-refractivity contribution in [3.05, 3.63) is 151 Å². The Morgan fingerprint density at radius 3 is 1.59 bits per heavy atom. The molecular formula is C37H28N2. The zero-order valence-electron chi connectivity index (χ0n) is 21.8. The monoisotopic (exact) mass is 500 g/mol. The molecule has 39 heavy (non-hydrogen) atoms. The number of allylic oxidation sites excluding steroid dienone is 3. The van der Waals surface area contributed by atoms with E-state index in [1.807, 2.05) is 13.0 Å². The molecule has 2 heteroatoms. The normalized spacial score (nSPS) is 12.0. The molecule has 0 saturated carbocycles. The molecule has 2 heterocycles. The summed E-state index contributed by atoms with van der Waals surface area (Å²) in [6.45, 7) is 2.04. The number of fused-ring (bicyclic) bond motifs is 4. The molecule has 0 N–H and O–H groups in total. The van der Waals surface area contributed by atoms with Crippen molar-refractivity contribution in [2.45, 2.75) is 6.92 Å². The van der Waals surface area contributed by atoms with Crippen molar-refractivity contribution < 1.29 is 0 Å². The van der Waals surface area contributed by atoms with Crippen molar-refractivity contribution in [1.29, 1.82) is 0 Å². The molecule has 0 aliphatic rings. The Labute approximate surface area is 228 Å². The van der Waals surface area contributed by atoms with Crippen LogP contribution in [0.4, 0.5) is 0 Å². The minimum atomic E-state index is 1.15. The Balaban J connectivity index is 1.25. The number of nitrogens with zero attached hydrogens (tertiary/aromatic N) is 2. The molecule has 0 radical (unpaired) electrons. The average molecular weight is 501 g/mol. The highest BCUT2D eigenvalue weighted by molar-refractivity contribution is 6.09. The summed E-state index contributed by atoms with van der Waals surface area (Å²) in [4.78, 5) is 0. The van der Waals surface area contributed by atoms with Gasteiger partial charge < -0.3 is 9.13 Å². The van der Waals surface area contributed by atoms with Crippen molar-refractivity contribution in [2.24, 2.45) is 0 Å². The fourth-order valence-electron chi connectivity index (χ4n) is 5.66. The van der Waals surface area contributed by atoms with Gasteiger partial charge in [-0.05, 0) is 72.7 Å². The van der Waals surface area contributed by atoms with Crippen LogP contribution in [0.2, 0.25) is 0 Å². The van der Waals surface area contributed by atoms with E-state index in [2.05, 4.69) is 155 Å². The predicted molar refractivity (Wildman–Crippen MR) is 167 cm³/mol. The molecule has 0 amide bonds. The second-order valence-electron chi connectivity index (χ2n) is 9.81. The van der Waals surface area contributed by atoms with Crippen molar-refractivity contribution >= 4 is 38.8 Å². The molecule has 7 aromatic rings. The summed E-state index contributed by atoms with van der Waals surface area (Å²) in [5.74, 6) is 0. The number of benzene rings is 5. The molecule has 0 spiro atoms. The van der Waals surface area contributed by atoms with E-state index in [0.717, 1.165) is 11.4 Å². The van der Waals surface area contributed by atoms with Gasteiger partial charge in [0.15, 0.2) is 0 Å². The molecule has 0 atom stereocenters. The standard InChI is InChI=1S/C37H28N2/c1-2-3-4-12-32-26-29-11-5-8-15-35(29)38(32)30-22-18-27(19-23-30)28-20-24-31(25-21-28)39-36-16-9-6-13-33(36)34-14-7-10-17-37(34)39/h2-26H,1H3/b3-2-,12-4-. The SMILES string of the molecule is C/C=C\C=C/c1cc2ccccc2n1-c1ccc(-c2ccc(-n3c4ccccc4c4ccccc43)cc2)cc1. The molecule has 7 rings (SSSR count). The minimum absolute atomic E-state index is 1.15. The van der Waals surface area contributed by atoms with Crippen LogP contribution in [-0.4, -0.2) is 9.13 Å². The van der Waals surface area contributed by atoms with Crippen LogP contribution < -0.4 is 0 Å². The lowest BCUT2D eigenvalue weighted by molar-refractivity contribution is 1.11. The van der Waals surface area contributed by atoms with Crippen LogP contribution in [0.3, 0.4) is 0 Å². The Morgan fingerprint density at radius 2 is 1.00 bits per heavy atom. The Kier molecular flexibility index (Phi) is 5.71. The van der Waals surface area contributed by atoms with Crippen LogP contribution in [0, 0.1) is 0 Å². The second-order valence-corrected chi connectivity index (χ2v) is 9.81. The summed E-state index contributed by atoms with van der Waals surface area (Å²) in [5.41, 5.74) is 9.57. The summed E-state index contributed by atoms with van der Waals surface area (Å²) < 4.78 is 4.68. The maximum Gasteiger partial charge on any atom is 0.0541 e. The molecule has 0 fully saturated rings. The molecule has 2 nitrogen and oxygen atoms in total. The summed E-state index contributed by atoms with van der Waals surface area (Å²) in [5, 5.41) is 3.80. The Morgan fingerprint density at radius 1 is 0.487 bits per heavy atom. The largest absolute Gasteiger partial charge is 0.310 e. The van der Waals surface area contributed by atoms with Gasteiger partial charge >= 0.3 is 0 Å². The number of hydrogen-bond donors (Lipinski definition) is 0. The summed E-state index contributed by atoms with van der Waals surface area (Å²) in [7, 11) is 0. The first-order valence-corrected chi connectivity index (χ1v) is 13.4. The van der Waals surface area contributed by atoms with Gasteiger partial charge in [0.2, 0.25) is 0 Å². The predicted octanol–water partition coefficient (Wildman–Crippen LogP) is 9.98. The minimum Gasteiger partial charge on any atom is -0.310 e. The lowest BCUT2D eigenvalue weighted by atomic mass is 10.0. The van der Waals surface area contributed by atoms with E-state index in [1.165, 1.54) is 49.5 Å². The second kappa shape index (κ2) is 9.66. The van der Waals surface area contributed by atoms with Gasteiger partial charge in [-0.2, -0.15) is 0 Å². The van der Waals surface area contributed by atoms with Gasteiger partial charge in [-0.25, -0.2) is 0 Å². The first-order chi connectivity index (χ1) is 19.3. The third kappa shape index (κ3) is 3.98. The summed E-state index contributed by atoms with van der Waals surface area (Å²) in [6.07, 6.45) is 8.37. The van der Waals surface area contributed by atoms with E-state index in [-0.39, 0.29) is 0 Å². The number of aromatic nitrogens is 2. The Hall–Kier alpha value is -5.08. The maximum absolute atomic E-state index is 2.36. The first kappa shape index (κ1) is 23.1. The highest BCUT2D eigenvalue weighted by atomic mass is 15.0. The topological polar surface area (TPSA) is 9.86 Å². The molecule has 186 valence electrons. The van der Waals surface area contributed by atoms with Gasteiger partial charge in [0.25, 0.3) is 0 Å². The van der Waals surface area contributed by atoms with E-state index < -0.39 is 0 Å². The van der Waals surface area contributed by atoms with E-state index >= 15 is 0 Å². The quantitative estimate of drug-likeness (QED) is 0.208. The third-order valence-corrected chi connectivity index (χ3v) is 7.47. The van der Waals surface area contributed by atoms with E-state index in [4.69, 9.17) is 0 Å². The van der Waals surface area contributed by atoms with Crippen molar-refractivity contribution in [2.75, 3.05) is 0 Å². The fourth-order valence-corrected chi connectivity index (χ4v) is 5.66. The third-order valence-electron chi connectivity index (χ3n) is 7.47. The Bertz CT molecular complexity index is 1940. The molecule has 2 aromatic heterocycles. The van der Waals surface area contributed by atoms with Crippen molar-refractivity contribution in [1.82, 2.24) is 9.13 Å². The lowest BCUT2D eigenvalue weighted by Crippen LogP contribution is -1.96. The maximum atomic E-state index is 2.36. The van der Waals surface area contributed by atoms with Gasteiger partial charge in [-0.15, -0.1) is 0 Å². The van der Waals surface area contributed by atoms with Gasteiger partial charge in [-0.1, -0.05) is 97.1 Å². The summed E-state index contributed by atoms with van der Waals surface area (Å²) in [6, 6.07) is 45.9. The van der Waals surface area contributed by atoms with Crippen molar-refractivity contribution in [3.63, 3.8) is 0 Å². The van der Waals surface area contributed by atoms with E-state index in [9.17, 15) is 0 Å². The molecule has 0 aliphatic carbocycles. The van der Waals surface area contributed by atoms with Gasteiger partial charge in [0.1, 0.15) is 0 Å². The van der Waals surface area contributed by atoms with Gasteiger partial charge in [0.05, 0.1) is 16.6 Å². The smallest absolute Gasteiger partial charge is 0.0541 e. The van der Waals surface area contributed by atoms with Crippen LogP contribution in [0.25, 0.3) is 61.3 Å². The van der Waals surface area contributed by atoms with Crippen molar-refractivity contribution in [3.8, 4) is 22.5 Å². The van der Waals surface area contributed by atoms with Crippen LogP contribution in [0.15, 0.2) is 146 Å². The molecular weight excluding hydrogens is 472 g/mol. The number of para-hydroxylation sites is 3. The average Bonchev–Trinajstić information content (AvgIpc) is 3.53. The molecule has 0 saturated heterocycles. The first-order valence-electron chi connectivity index (χ1n) is 13.4. The molecule has 0 aliphatic heterocycles. The summed E-state index contributed by atoms with van der Waals surface area (Å²) >= 11 is 0.